The molecular formula is C7H16N2S. The maximum atomic E-state index is 5.06. The van der Waals surface area contributed by atoms with E-state index in [0.29, 0.717) is 0 Å². The van der Waals surface area contributed by atoms with Crippen LogP contribution in [0.4, 0.5) is 0 Å². The molecule has 0 aliphatic heterocycles. The first-order chi connectivity index (χ1) is 4.76. The quantitative estimate of drug-likeness (QED) is 0.625. The zero-order valence-electron chi connectivity index (χ0n) is 6.98. The first-order valence-corrected chi connectivity index (χ1v) is 4.13. The molecule has 0 amide bonds. The van der Waals surface area contributed by atoms with Gasteiger partial charge in [-0.25, -0.2) is 0 Å². The van der Waals surface area contributed by atoms with Gasteiger partial charge in [-0.2, -0.15) is 0 Å². The van der Waals surface area contributed by atoms with Crippen molar-refractivity contribution < 1.29 is 0 Å². The Morgan fingerprint density at radius 3 is 2.40 bits per heavy atom. The molecule has 0 aliphatic carbocycles. The third kappa shape index (κ3) is 3.01. The average Bonchev–Trinajstić information content (AvgIpc) is 1.99. The van der Waals surface area contributed by atoms with Gasteiger partial charge in [0, 0.05) is 20.1 Å². The normalized spacial score (nSPS) is 9.10. The van der Waals surface area contributed by atoms with Crippen LogP contribution in [-0.2, 0) is 0 Å². The largest absolute Gasteiger partial charge is 0.366 e. The van der Waals surface area contributed by atoms with E-state index in [9.17, 15) is 0 Å². The van der Waals surface area contributed by atoms with Crippen molar-refractivity contribution in [1.29, 1.82) is 0 Å². The molecule has 0 aromatic heterocycles. The number of nitrogens with one attached hydrogen (secondary N) is 1. The van der Waals surface area contributed by atoms with Crippen LogP contribution in [0.5, 0.6) is 0 Å². The molecule has 0 aromatic rings. The summed E-state index contributed by atoms with van der Waals surface area (Å²) in [6.07, 6.45) is 1.15. The van der Waals surface area contributed by atoms with E-state index in [0.717, 1.165) is 24.6 Å². The van der Waals surface area contributed by atoms with Gasteiger partial charge in [0.15, 0.2) is 5.11 Å². The van der Waals surface area contributed by atoms with Crippen LogP contribution >= 0.6 is 12.2 Å². The van der Waals surface area contributed by atoms with Crippen LogP contribution in [-0.4, -0.2) is 30.1 Å². The zero-order chi connectivity index (χ0) is 7.98. The van der Waals surface area contributed by atoms with Crippen LogP contribution in [0, 0.1) is 0 Å². The topological polar surface area (TPSA) is 15.3 Å². The van der Waals surface area contributed by atoms with Gasteiger partial charge in [-0.1, -0.05) is 6.92 Å². The van der Waals surface area contributed by atoms with Crippen LogP contribution in [0.15, 0.2) is 0 Å². The van der Waals surface area contributed by atoms with Crippen LogP contribution in [0.1, 0.15) is 20.3 Å². The molecule has 0 aromatic carbocycles. The van der Waals surface area contributed by atoms with Crippen LogP contribution < -0.4 is 5.32 Å². The lowest BCUT2D eigenvalue weighted by Gasteiger charge is -2.21. The van der Waals surface area contributed by atoms with Gasteiger partial charge in [-0.05, 0) is 25.6 Å². The summed E-state index contributed by atoms with van der Waals surface area (Å²) in [5, 5.41) is 3.81. The zero-order valence-corrected chi connectivity index (χ0v) is 7.79. The maximum Gasteiger partial charge on any atom is 0.168 e. The van der Waals surface area contributed by atoms with E-state index in [1.165, 1.54) is 0 Å². The summed E-state index contributed by atoms with van der Waals surface area (Å²) in [4.78, 5) is 2.15. The van der Waals surface area contributed by atoms with Gasteiger partial charge in [0.05, 0.1) is 0 Å². The van der Waals surface area contributed by atoms with Crippen molar-refractivity contribution in [3.63, 3.8) is 0 Å². The van der Waals surface area contributed by atoms with Crippen molar-refractivity contribution in [3.05, 3.63) is 0 Å². The highest BCUT2D eigenvalue weighted by molar-refractivity contribution is 7.80. The third-order valence-electron chi connectivity index (χ3n) is 1.38. The summed E-state index contributed by atoms with van der Waals surface area (Å²) in [5.41, 5.74) is 0. The maximum absolute atomic E-state index is 5.06. The molecule has 0 rings (SSSR count). The molecule has 2 nitrogen and oxygen atoms in total. The minimum absolute atomic E-state index is 0.851. The summed E-state index contributed by atoms with van der Waals surface area (Å²) in [7, 11) is 1.86. The average molecular weight is 160 g/mol. The second-order valence-corrected chi connectivity index (χ2v) is 2.52. The third-order valence-corrected chi connectivity index (χ3v) is 1.84. The van der Waals surface area contributed by atoms with Crippen LogP contribution in [0.2, 0.25) is 0 Å². The predicted molar refractivity (Wildman–Crippen MR) is 49.2 cm³/mol. The van der Waals surface area contributed by atoms with Crippen molar-refractivity contribution >= 4 is 17.3 Å². The lowest BCUT2D eigenvalue weighted by Crippen LogP contribution is -2.37. The Hall–Kier alpha value is -0.310. The standard InChI is InChI=1S/C7H16N2S/c1-4-6-9(5-2)7(10)8-3/h4-6H2,1-3H3,(H,8,10). The predicted octanol–water partition coefficient (Wildman–Crippen LogP) is 1.22. The number of nitrogens with zero attached hydrogens (tertiary/aromatic N) is 1. The summed E-state index contributed by atoms with van der Waals surface area (Å²) in [5.74, 6) is 0. The summed E-state index contributed by atoms with van der Waals surface area (Å²) in [6, 6.07) is 0. The molecule has 0 radical (unpaired) electrons. The van der Waals surface area contributed by atoms with Gasteiger partial charge in [-0.15, -0.1) is 0 Å². The Balaban J connectivity index is 3.68. The van der Waals surface area contributed by atoms with E-state index in [1.54, 1.807) is 0 Å². The second kappa shape index (κ2) is 5.47. The molecule has 0 saturated heterocycles. The highest BCUT2D eigenvalue weighted by atomic mass is 32.1. The van der Waals surface area contributed by atoms with Crippen molar-refractivity contribution in [2.24, 2.45) is 0 Å². The Morgan fingerprint density at radius 1 is 1.50 bits per heavy atom. The highest BCUT2D eigenvalue weighted by Crippen LogP contribution is 1.90. The smallest absolute Gasteiger partial charge is 0.168 e. The van der Waals surface area contributed by atoms with Crippen molar-refractivity contribution in [2.75, 3.05) is 20.1 Å². The van der Waals surface area contributed by atoms with E-state index < -0.39 is 0 Å². The van der Waals surface area contributed by atoms with Crippen LogP contribution in [0.3, 0.4) is 0 Å². The van der Waals surface area contributed by atoms with Gasteiger partial charge < -0.3 is 10.2 Å². The Morgan fingerprint density at radius 2 is 2.10 bits per heavy atom. The fraction of sp³-hybridized carbons (Fsp3) is 0.857. The number of thiocarbonyl (C=S) groups is 1. The van der Waals surface area contributed by atoms with Gasteiger partial charge in [0.25, 0.3) is 0 Å². The molecule has 0 heterocycles. The van der Waals surface area contributed by atoms with Crippen LogP contribution in [0.25, 0.3) is 0 Å². The van der Waals surface area contributed by atoms with Crippen molar-refractivity contribution in [2.45, 2.75) is 20.3 Å². The Kier molecular flexibility index (Phi) is 5.30. The monoisotopic (exact) mass is 160 g/mol. The molecule has 0 spiro atoms. The molecule has 1 N–H and O–H groups in total. The second-order valence-electron chi connectivity index (χ2n) is 2.13. The molecule has 0 fully saturated rings. The molecule has 10 heavy (non-hydrogen) atoms. The van der Waals surface area contributed by atoms with E-state index in [1.807, 2.05) is 7.05 Å². The summed E-state index contributed by atoms with van der Waals surface area (Å²) >= 11 is 5.06. The van der Waals surface area contributed by atoms with E-state index in [4.69, 9.17) is 12.2 Å². The first-order valence-electron chi connectivity index (χ1n) is 3.72. The molecular weight excluding hydrogens is 144 g/mol. The fourth-order valence-corrected chi connectivity index (χ4v) is 1.05. The molecule has 0 atom stereocenters. The van der Waals surface area contributed by atoms with Gasteiger partial charge in [0.1, 0.15) is 0 Å². The Labute approximate surface area is 68.6 Å². The SMILES string of the molecule is CCCN(CC)C(=S)NC. The molecule has 0 aliphatic rings. The Bertz CT molecular complexity index is 104. The van der Waals surface area contributed by atoms with Crippen molar-refractivity contribution in [1.82, 2.24) is 10.2 Å². The summed E-state index contributed by atoms with van der Waals surface area (Å²) in [6.45, 7) is 6.31. The highest BCUT2D eigenvalue weighted by Gasteiger charge is 2.01. The van der Waals surface area contributed by atoms with Gasteiger partial charge in [0.2, 0.25) is 0 Å². The van der Waals surface area contributed by atoms with Gasteiger partial charge in [-0.3, -0.25) is 0 Å². The first kappa shape index (κ1) is 9.69. The number of rotatable bonds is 3. The van der Waals surface area contributed by atoms with E-state index in [2.05, 4.69) is 24.1 Å². The fourth-order valence-electron chi connectivity index (χ4n) is 0.831. The minimum atomic E-state index is 0.851. The minimum Gasteiger partial charge on any atom is -0.366 e. The van der Waals surface area contributed by atoms with E-state index >= 15 is 0 Å². The lowest BCUT2D eigenvalue weighted by molar-refractivity contribution is 0.435. The number of hydrogen-bond acceptors (Lipinski definition) is 1. The number of hydrogen-bond donors (Lipinski definition) is 1. The van der Waals surface area contributed by atoms with E-state index in [-0.39, 0.29) is 0 Å². The molecule has 0 unspecified atom stereocenters. The summed E-state index contributed by atoms with van der Waals surface area (Å²) < 4.78 is 0. The molecule has 60 valence electrons. The van der Waals surface area contributed by atoms with Gasteiger partial charge >= 0.3 is 0 Å². The van der Waals surface area contributed by atoms with Crippen molar-refractivity contribution in [3.8, 4) is 0 Å². The molecule has 0 saturated carbocycles. The molecule has 0 bridgehead atoms. The lowest BCUT2D eigenvalue weighted by atomic mass is 10.4. The molecule has 3 heteroatoms.